The van der Waals surface area contributed by atoms with Crippen molar-refractivity contribution in [3.05, 3.63) is 29.3 Å². The third-order valence-electron chi connectivity index (χ3n) is 2.71. The zero-order valence-corrected chi connectivity index (χ0v) is 11.5. The van der Waals surface area contributed by atoms with Crippen LogP contribution >= 0.6 is 12.2 Å². The number of phenols is 1. The van der Waals surface area contributed by atoms with Gasteiger partial charge in [0.25, 0.3) is 5.91 Å². The van der Waals surface area contributed by atoms with E-state index in [2.05, 4.69) is 5.32 Å². The molecule has 0 bridgehead atoms. The number of carbonyl (C=O) groups is 1. The summed E-state index contributed by atoms with van der Waals surface area (Å²) < 4.78 is 0. The van der Waals surface area contributed by atoms with Crippen LogP contribution in [0.25, 0.3) is 0 Å². The first-order valence-electron chi connectivity index (χ1n) is 5.72. The molecule has 4 nitrogen and oxygen atoms in total. The Kier molecular flexibility index (Phi) is 4.67. The fraction of sp³-hybridized carbons (Fsp3) is 0.385. The van der Waals surface area contributed by atoms with Crippen molar-refractivity contribution in [3.63, 3.8) is 0 Å². The SMILES string of the molecule is Cc1cc(O)ccc1C(=O)NC(C(N)=S)C(C)C. The van der Waals surface area contributed by atoms with Gasteiger partial charge in [0.2, 0.25) is 0 Å². The molecule has 1 atom stereocenters. The smallest absolute Gasteiger partial charge is 0.252 e. The number of amides is 1. The number of carbonyl (C=O) groups excluding carboxylic acids is 1. The monoisotopic (exact) mass is 266 g/mol. The molecule has 1 aromatic rings. The van der Waals surface area contributed by atoms with Gasteiger partial charge in [0.05, 0.1) is 11.0 Å². The highest BCUT2D eigenvalue weighted by atomic mass is 32.1. The first kappa shape index (κ1) is 14.4. The van der Waals surface area contributed by atoms with Crippen molar-refractivity contribution < 1.29 is 9.90 Å². The van der Waals surface area contributed by atoms with E-state index in [9.17, 15) is 9.90 Å². The van der Waals surface area contributed by atoms with Gasteiger partial charge in [-0.25, -0.2) is 0 Å². The number of hydrogen-bond donors (Lipinski definition) is 3. The first-order valence-corrected chi connectivity index (χ1v) is 6.13. The molecule has 0 spiro atoms. The van der Waals surface area contributed by atoms with Gasteiger partial charge < -0.3 is 16.2 Å². The van der Waals surface area contributed by atoms with Gasteiger partial charge in [-0.3, -0.25) is 4.79 Å². The standard InChI is InChI=1S/C13H18N2O2S/c1-7(2)11(12(14)18)15-13(17)10-5-4-9(16)6-8(10)3/h4-7,11,16H,1-3H3,(H2,14,18)(H,15,17). The second-order valence-corrected chi connectivity index (χ2v) is 5.07. The topological polar surface area (TPSA) is 75.3 Å². The third kappa shape index (κ3) is 3.43. The predicted molar refractivity (Wildman–Crippen MR) is 75.7 cm³/mol. The van der Waals surface area contributed by atoms with Gasteiger partial charge in [-0.05, 0) is 36.6 Å². The van der Waals surface area contributed by atoms with Crippen molar-refractivity contribution >= 4 is 23.1 Å². The van der Waals surface area contributed by atoms with Crippen molar-refractivity contribution in [1.29, 1.82) is 0 Å². The van der Waals surface area contributed by atoms with Crippen molar-refractivity contribution in [1.82, 2.24) is 5.32 Å². The summed E-state index contributed by atoms with van der Waals surface area (Å²) in [5.74, 6) is 0.0293. The molecule has 0 saturated heterocycles. The summed E-state index contributed by atoms with van der Waals surface area (Å²) in [4.78, 5) is 12.4. The highest BCUT2D eigenvalue weighted by molar-refractivity contribution is 7.80. The van der Waals surface area contributed by atoms with Crippen molar-refractivity contribution in [2.24, 2.45) is 11.7 Å². The molecular weight excluding hydrogens is 248 g/mol. The van der Waals surface area contributed by atoms with Crippen molar-refractivity contribution in [3.8, 4) is 5.75 Å². The quantitative estimate of drug-likeness (QED) is 0.726. The van der Waals surface area contributed by atoms with Crippen LogP contribution in [-0.2, 0) is 0 Å². The van der Waals surface area contributed by atoms with E-state index in [1.54, 1.807) is 19.1 Å². The summed E-state index contributed by atoms with van der Waals surface area (Å²) in [5.41, 5.74) is 6.82. The van der Waals surface area contributed by atoms with Crippen LogP contribution in [0, 0.1) is 12.8 Å². The van der Waals surface area contributed by atoms with Crippen LogP contribution in [0.5, 0.6) is 5.75 Å². The number of aryl methyl sites for hydroxylation is 1. The molecule has 0 fully saturated rings. The minimum atomic E-state index is -0.333. The van der Waals surface area contributed by atoms with Crippen LogP contribution in [0.1, 0.15) is 29.8 Å². The van der Waals surface area contributed by atoms with Gasteiger partial charge in [0.15, 0.2) is 0 Å². The Labute approximate surface area is 112 Å². The van der Waals surface area contributed by atoms with E-state index in [1.807, 2.05) is 13.8 Å². The van der Waals surface area contributed by atoms with Gasteiger partial charge in [-0.2, -0.15) is 0 Å². The molecule has 4 N–H and O–H groups in total. The number of thiocarbonyl (C=S) groups is 1. The minimum Gasteiger partial charge on any atom is -0.508 e. The fourth-order valence-electron chi connectivity index (χ4n) is 1.69. The maximum Gasteiger partial charge on any atom is 0.252 e. The lowest BCUT2D eigenvalue weighted by atomic mass is 10.0. The highest BCUT2D eigenvalue weighted by Crippen LogP contribution is 2.16. The summed E-state index contributed by atoms with van der Waals surface area (Å²) in [6.45, 7) is 5.64. The van der Waals surface area contributed by atoms with E-state index in [1.165, 1.54) is 6.07 Å². The number of nitrogens with two attached hydrogens (primary N) is 1. The zero-order chi connectivity index (χ0) is 13.9. The van der Waals surface area contributed by atoms with Gasteiger partial charge in [0.1, 0.15) is 5.75 Å². The number of aromatic hydroxyl groups is 1. The molecule has 98 valence electrons. The molecule has 1 aromatic carbocycles. The molecule has 0 saturated carbocycles. The van der Waals surface area contributed by atoms with Crippen LogP contribution in [0.3, 0.4) is 0 Å². The van der Waals surface area contributed by atoms with E-state index < -0.39 is 0 Å². The average Bonchev–Trinajstić information content (AvgIpc) is 2.24. The largest absolute Gasteiger partial charge is 0.508 e. The average molecular weight is 266 g/mol. The lowest BCUT2D eigenvalue weighted by Gasteiger charge is -2.21. The van der Waals surface area contributed by atoms with E-state index in [0.717, 1.165) is 0 Å². The maximum atomic E-state index is 12.1. The Morgan fingerprint density at radius 3 is 2.50 bits per heavy atom. The lowest BCUT2D eigenvalue weighted by molar-refractivity contribution is 0.0939. The molecule has 0 heterocycles. The molecule has 0 aliphatic carbocycles. The van der Waals surface area contributed by atoms with E-state index in [-0.39, 0.29) is 28.6 Å². The Balaban J connectivity index is 2.91. The van der Waals surface area contributed by atoms with E-state index in [4.69, 9.17) is 18.0 Å². The van der Waals surface area contributed by atoms with Crippen LogP contribution < -0.4 is 11.1 Å². The first-order chi connectivity index (χ1) is 8.32. The summed E-state index contributed by atoms with van der Waals surface area (Å²) in [7, 11) is 0. The summed E-state index contributed by atoms with van der Waals surface area (Å²) >= 11 is 4.94. The molecule has 0 aliphatic heterocycles. The second-order valence-electron chi connectivity index (χ2n) is 4.60. The Bertz CT molecular complexity index is 472. The summed E-state index contributed by atoms with van der Waals surface area (Å²) in [6.07, 6.45) is 0. The Morgan fingerprint density at radius 1 is 1.44 bits per heavy atom. The third-order valence-corrected chi connectivity index (χ3v) is 2.97. The summed E-state index contributed by atoms with van der Waals surface area (Å²) in [6, 6.07) is 4.27. The van der Waals surface area contributed by atoms with Gasteiger partial charge in [-0.15, -0.1) is 0 Å². The summed E-state index contributed by atoms with van der Waals surface area (Å²) in [5, 5.41) is 12.1. The van der Waals surface area contributed by atoms with E-state index in [0.29, 0.717) is 11.1 Å². The highest BCUT2D eigenvalue weighted by Gasteiger charge is 2.20. The second kappa shape index (κ2) is 5.82. The Morgan fingerprint density at radius 2 is 2.06 bits per heavy atom. The van der Waals surface area contributed by atoms with Crippen molar-refractivity contribution in [2.75, 3.05) is 0 Å². The van der Waals surface area contributed by atoms with Gasteiger partial charge >= 0.3 is 0 Å². The number of nitrogens with one attached hydrogen (secondary N) is 1. The fourth-order valence-corrected chi connectivity index (χ4v) is 2.02. The molecule has 18 heavy (non-hydrogen) atoms. The molecule has 0 aromatic heterocycles. The molecule has 1 amide bonds. The van der Waals surface area contributed by atoms with E-state index >= 15 is 0 Å². The number of rotatable bonds is 4. The number of phenolic OH excluding ortho intramolecular Hbond substituents is 1. The van der Waals surface area contributed by atoms with Gasteiger partial charge in [-0.1, -0.05) is 26.1 Å². The normalized spacial score (nSPS) is 12.2. The Hall–Kier alpha value is -1.62. The van der Waals surface area contributed by atoms with Crippen LogP contribution in [0.2, 0.25) is 0 Å². The predicted octanol–water partition coefficient (Wildman–Crippen LogP) is 1.74. The molecule has 0 radical (unpaired) electrons. The van der Waals surface area contributed by atoms with Crippen LogP contribution in [0.15, 0.2) is 18.2 Å². The lowest BCUT2D eigenvalue weighted by Crippen LogP contribution is -2.46. The van der Waals surface area contributed by atoms with Crippen molar-refractivity contribution in [2.45, 2.75) is 26.8 Å². The minimum absolute atomic E-state index is 0.129. The molecule has 5 heteroatoms. The van der Waals surface area contributed by atoms with Crippen LogP contribution in [0.4, 0.5) is 0 Å². The molecular formula is C13H18N2O2S. The molecule has 0 aliphatic rings. The van der Waals surface area contributed by atoms with Gasteiger partial charge in [0, 0.05) is 5.56 Å². The molecule has 1 unspecified atom stereocenters. The maximum absolute atomic E-state index is 12.1. The molecule has 1 rings (SSSR count). The number of hydrogen-bond acceptors (Lipinski definition) is 3. The zero-order valence-electron chi connectivity index (χ0n) is 10.7. The van der Waals surface area contributed by atoms with Crippen LogP contribution in [-0.4, -0.2) is 22.0 Å². The number of benzene rings is 1.